The molecule has 0 saturated heterocycles. The standard InChI is InChI=1S/C24H19F4N3O.C2HF3O2/c25-19-11-20-21(31-23(30-20)24(26,27)28)12-22(19)32-18-7-5-14(6-8-18)13-29-17-9-15-3-1-2-4-16(15)10-17;3-2(4,5)1(6)7/h1-8,11-12,17,29H,9-10,13H2,(H,30,31);(H,6,7). The van der Waals surface area contributed by atoms with Gasteiger partial charge in [-0.2, -0.15) is 26.3 Å². The minimum absolute atomic E-state index is 0.0482. The number of hydrogen-bond acceptors (Lipinski definition) is 4. The number of carbonyl (C=O) groups is 1. The molecule has 3 aromatic carbocycles. The zero-order valence-corrected chi connectivity index (χ0v) is 19.8. The van der Waals surface area contributed by atoms with E-state index in [9.17, 15) is 30.7 Å². The number of benzene rings is 3. The van der Waals surface area contributed by atoms with Gasteiger partial charge >= 0.3 is 18.3 Å². The highest BCUT2D eigenvalue weighted by Crippen LogP contribution is 2.32. The minimum atomic E-state index is -5.08. The Labute approximate surface area is 216 Å². The van der Waals surface area contributed by atoms with Crippen molar-refractivity contribution in [2.75, 3.05) is 0 Å². The quantitative estimate of drug-likeness (QED) is 0.248. The number of fused-ring (bicyclic) bond motifs is 2. The van der Waals surface area contributed by atoms with Gasteiger partial charge in [0.25, 0.3) is 0 Å². The van der Waals surface area contributed by atoms with E-state index in [1.54, 1.807) is 12.1 Å². The zero-order chi connectivity index (χ0) is 28.4. The number of H-pyrrole nitrogens is 1. The largest absolute Gasteiger partial charge is 0.490 e. The molecule has 0 bridgehead atoms. The summed E-state index contributed by atoms with van der Waals surface area (Å²) in [5, 5.41) is 10.7. The van der Waals surface area contributed by atoms with E-state index in [-0.39, 0.29) is 16.8 Å². The third kappa shape index (κ3) is 7.05. The molecule has 3 N–H and O–H groups in total. The van der Waals surface area contributed by atoms with E-state index in [4.69, 9.17) is 14.6 Å². The number of aliphatic carboxylic acids is 1. The number of imidazole rings is 1. The van der Waals surface area contributed by atoms with Crippen LogP contribution in [-0.2, 0) is 30.4 Å². The van der Waals surface area contributed by atoms with E-state index in [0.717, 1.165) is 24.5 Å². The van der Waals surface area contributed by atoms with Crippen molar-refractivity contribution < 1.29 is 45.4 Å². The average Bonchev–Trinajstić information content (AvgIpc) is 3.47. The van der Waals surface area contributed by atoms with Crippen molar-refractivity contribution in [1.29, 1.82) is 0 Å². The Morgan fingerprint density at radius 1 is 1.00 bits per heavy atom. The molecule has 0 radical (unpaired) electrons. The van der Waals surface area contributed by atoms with Crippen molar-refractivity contribution in [3.63, 3.8) is 0 Å². The van der Waals surface area contributed by atoms with E-state index in [0.29, 0.717) is 18.3 Å². The van der Waals surface area contributed by atoms with E-state index in [1.807, 2.05) is 12.1 Å². The van der Waals surface area contributed by atoms with E-state index in [2.05, 4.69) is 39.6 Å². The Kier molecular flexibility index (Phi) is 7.82. The molecule has 0 spiro atoms. The van der Waals surface area contributed by atoms with Gasteiger partial charge in [0.1, 0.15) is 5.75 Å². The summed E-state index contributed by atoms with van der Waals surface area (Å²) in [6.07, 6.45) is -7.72. The van der Waals surface area contributed by atoms with Crippen LogP contribution in [0.25, 0.3) is 11.0 Å². The number of aromatic nitrogens is 2. The molecule has 13 heteroatoms. The molecule has 1 heterocycles. The summed E-state index contributed by atoms with van der Waals surface area (Å²) in [6, 6.07) is 18.1. The fraction of sp³-hybridized carbons (Fsp3) is 0.231. The highest BCUT2D eigenvalue weighted by molar-refractivity contribution is 5.77. The van der Waals surface area contributed by atoms with Crippen LogP contribution in [0.3, 0.4) is 0 Å². The number of ether oxygens (including phenoxy) is 1. The minimum Gasteiger partial charge on any atom is -0.475 e. The monoisotopic (exact) mass is 555 g/mol. The summed E-state index contributed by atoms with van der Waals surface area (Å²) < 4.78 is 90.1. The molecule has 1 aliphatic rings. The Bertz CT molecular complexity index is 1440. The predicted octanol–water partition coefficient (Wildman–Crippen LogP) is 6.40. The summed E-state index contributed by atoms with van der Waals surface area (Å²) in [7, 11) is 0. The van der Waals surface area contributed by atoms with Gasteiger partial charge in [-0.1, -0.05) is 36.4 Å². The summed E-state index contributed by atoms with van der Waals surface area (Å²) in [5.41, 5.74) is 3.75. The molecule has 6 nitrogen and oxygen atoms in total. The fourth-order valence-corrected chi connectivity index (χ4v) is 3.99. The van der Waals surface area contributed by atoms with Crippen LogP contribution in [-0.4, -0.2) is 33.3 Å². The second-order valence-electron chi connectivity index (χ2n) is 8.69. The van der Waals surface area contributed by atoms with Gasteiger partial charge in [0, 0.05) is 24.7 Å². The molecule has 0 atom stereocenters. The molecule has 0 saturated carbocycles. The number of rotatable bonds is 5. The van der Waals surface area contributed by atoms with Crippen molar-refractivity contribution in [1.82, 2.24) is 15.3 Å². The molecule has 0 amide bonds. The first-order valence-corrected chi connectivity index (χ1v) is 11.4. The fourth-order valence-electron chi connectivity index (χ4n) is 3.99. The summed E-state index contributed by atoms with van der Waals surface area (Å²) in [5.74, 6) is -4.51. The van der Waals surface area contributed by atoms with Gasteiger partial charge < -0.3 is 20.1 Å². The van der Waals surface area contributed by atoms with Gasteiger partial charge in [0.2, 0.25) is 5.82 Å². The summed E-state index contributed by atoms with van der Waals surface area (Å²) in [6.45, 7) is 0.688. The number of alkyl halides is 6. The third-order valence-electron chi connectivity index (χ3n) is 5.84. The van der Waals surface area contributed by atoms with Crippen molar-refractivity contribution in [2.24, 2.45) is 0 Å². The molecule has 4 aromatic rings. The first-order chi connectivity index (χ1) is 18.3. The number of nitrogens with zero attached hydrogens (tertiary/aromatic N) is 1. The van der Waals surface area contributed by atoms with Crippen LogP contribution in [0.2, 0.25) is 0 Å². The van der Waals surface area contributed by atoms with E-state index < -0.39 is 30.0 Å². The van der Waals surface area contributed by atoms with Crippen molar-refractivity contribution in [3.05, 3.63) is 89.0 Å². The van der Waals surface area contributed by atoms with Gasteiger partial charge in [-0.3, -0.25) is 0 Å². The van der Waals surface area contributed by atoms with Crippen LogP contribution < -0.4 is 10.1 Å². The Hall–Kier alpha value is -4.13. The third-order valence-corrected chi connectivity index (χ3v) is 5.84. The lowest BCUT2D eigenvalue weighted by Gasteiger charge is -2.12. The number of nitrogens with one attached hydrogen (secondary N) is 2. The van der Waals surface area contributed by atoms with Crippen LogP contribution >= 0.6 is 0 Å². The predicted molar refractivity (Wildman–Crippen MR) is 126 cm³/mol. The van der Waals surface area contributed by atoms with Crippen LogP contribution in [0.1, 0.15) is 22.5 Å². The van der Waals surface area contributed by atoms with Crippen molar-refractivity contribution in [3.8, 4) is 11.5 Å². The van der Waals surface area contributed by atoms with Gasteiger partial charge in [0.05, 0.1) is 11.0 Å². The summed E-state index contributed by atoms with van der Waals surface area (Å²) in [4.78, 5) is 14.4. The maximum absolute atomic E-state index is 14.3. The number of halogens is 7. The normalized spacial score (nSPS) is 13.6. The molecule has 0 aliphatic heterocycles. The van der Waals surface area contributed by atoms with E-state index in [1.165, 1.54) is 17.2 Å². The topological polar surface area (TPSA) is 87.2 Å². The maximum atomic E-state index is 14.3. The molecule has 0 fully saturated rings. The molecule has 5 rings (SSSR count). The number of carboxylic acids is 1. The van der Waals surface area contributed by atoms with Crippen LogP contribution in [0.15, 0.2) is 60.7 Å². The van der Waals surface area contributed by atoms with Gasteiger partial charge in [-0.15, -0.1) is 0 Å². The smallest absolute Gasteiger partial charge is 0.475 e. The van der Waals surface area contributed by atoms with Crippen molar-refractivity contribution in [2.45, 2.75) is 37.8 Å². The first-order valence-electron chi connectivity index (χ1n) is 11.4. The Morgan fingerprint density at radius 3 is 2.13 bits per heavy atom. The lowest BCUT2D eigenvalue weighted by Crippen LogP contribution is -2.28. The molecule has 1 aromatic heterocycles. The van der Waals surface area contributed by atoms with Crippen LogP contribution in [0.5, 0.6) is 11.5 Å². The van der Waals surface area contributed by atoms with E-state index >= 15 is 0 Å². The average molecular weight is 555 g/mol. The number of hydrogen-bond donors (Lipinski definition) is 3. The first kappa shape index (κ1) is 27.9. The van der Waals surface area contributed by atoms with Crippen molar-refractivity contribution >= 4 is 17.0 Å². The van der Waals surface area contributed by atoms with Crippen LogP contribution in [0.4, 0.5) is 30.7 Å². The molecule has 39 heavy (non-hydrogen) atoms. The highest BCUT2D eigenvalue weighted by Gasteiger charge is 2.38. The second kappa shape index (κ2) is 10.9. The Morgan fingerprint density at radius 2 is 1.59 bits per heavy atom. The van der Waals surface area contributed by atoms with Gasteiger partial charge in [-0.25, -0.2) is 14.2 Å². The SMILES string of the molecule is Fc1cc2nc(C(F)(F)F)[nH]c2cc1Oc1ccc(CNC2Cc3ccccc3C2)cc1.O=C(O)C(F)(F)F. The van der Waals surface area contributed by atoms with Crippen LogP contribution in [0, 0.1) is 5.82 Å². The lowest BCUT2D eigenvalue weighted by atomic mass is 10.1. The molecule has 0 unspecified atom stereocenters. The lowest BCUT2D eigenvalue weighted by molar-refractivity contribution is -0.192. The molecular formula is C26H20F7N3O3. The number of aromatic amines is 1. The molecular weight excluding hydrogens is 535 g/mol. The zero-order valence-electron chi connectivity index (χ0n) is 19.8. The Balaban J connectivity index is 0.000000448. The molecule has 206 valence electrons. The van der Waals surface area contributed by atoms with Gasteiger partial charge in [0.15, 0.2) is 11.6 Å². The maximum Gasteiger partial charge on any atom is 0.490 e. The summed E-state index contributed by atoms with van der Waals surface area (Å²) >= 11 is 0. The van der Waals surface area contributed by atoms with Gasteiger partial charge in [-0.05, 0) is 41.7 Å². The second-order valence-corrected chi connectivity index (χ2v) is 8.69. The highest BCUT2D eigenvalue weighted by atomic mass is 19.4. The molecule has 1 aliphatic carbocycles. The number of carboxylic acid groups (broad SMARTS) is 1.